The summed E-state index contributed by atoms with van der Waals surface area (Å²) in [5, 5.41) is 2.54. The third-order valence-corrected chi connectivity index (χ3v) is 6.87. The number of nitrogens with one attached hydrogen (secondary N) is 1. The van der Waals surface area contributed by atoms with Gasteiger partial charge in [-0.15, -0.1) is 0 Å². The Morgan fingerprint density at radius 2 is 1.86 bits per heavy atom. The zero-order valence-electron chi connectivity index (χ0n) is 14.6. The molecule has 0 atom stereocenters. The van der Waals surface area contributed by atoms with Gasteiger partial charge < -0.3 is 10.1 Å². The molecule has 0 aliphatic carbocycles. The van der Waals surface area contributed by atoms with E-state index < -0.39 is 21.7 Å². The van der Waals surface area contributed by atoms with Crippen LogP contribution in [0, 0.1) is 5.82 Å². The van der Waals surface area contributed by atoms with Gasteiger partial charge >= 0.3 is 0 Å². The molecule has 1 amide bonds. The molecule has 0 radical (unpaired) electrons. The second-order valence-electron chi connectivity index (χ2n) is 6.09. The molecule has 0 unspecified atom stereocenters. The summed E-state index contributed by atoms with van der Waals surface area (Å²) < 4.78 is 45.4. The number of morpholine rings is 1. The van der Waals surface area contributed by atoms with Gasteiger partial charge in [0.05, 0.1) is 28.8 Å². The first-order valence-electron chi connectivity index (χ1n) is 8.38. The molecule has 6 nitrogen and oxygen atoms in total. The zero-order chi connectivity index (χ0) is 20.3. The van der Waals surface area contributed by atoms with Crippen LogP contribution in [-0.2, 0) is 21.3 Å². The molecule has 0 bridgehead atoms. The van der Waals surface area contributed by atoms with E-state index in [-0.39, 0.29) is 53.4 Å². The molecule has 1 saturated heterocycles. The van der Waals surface area contributed by atoms with Crippen LogP contribution in [0.15, 0.2) is 41.3 Å². The Morgan fingerprint density at radius 3 is 2.54 bits per heavy atom. The number of rotatable bonds is 5. The SMILES string of the molecule is O=C(NCc1cccc(F)c1)c1cc(S(=O)(=O)N2CCOCC2)c(Cl)cc1Cl. The lowest BCUT2D eigenvalue weighted by atomic mass is 10.2. The maximum Gasteiger partial charge on any atom is 0.253 e. The molecule has 3 rings (SSSR count). The number of ether oxygens (including phenoxy) is 1. The summed E-state index contributed by atoms with van der Waals surface area (Å²) in [6.45, 7) is 1.02. The van der Waals surface area contributed by atoms with Crippen LogP contribution in [0.25, 0.3) is 0 Å². The quantitative estimate of drug-likeness (QED) is 0.765. The minimum Gasteiger partial charge on any atom is -0.379 e. The van der Waals surface area contributed by atoms with Gasteiger partial charge in [0.1, 0.15) is 10.7 Å². The minimum absolute atomic E-state index is 0.0164. The van der Waals surface area contributed by atoms with E-state index in [0.29, 0.717) is 5.56 Å². The van der Waals surface area contributed by atoms with E-state index in [1.807, 2.05) is 0 Å². The lowest BCUT2D eigenvalue weighted by Gasteiger charge is -2.26. The van der Waals surface area contributed by atoms with Crippen LogP contribution in [0.1, 0.15) is 15.9 Å². The average Bonchev–Trinajstić information content (AvgIpc) is 2.67. The maximum absolute atomic E-state index is 13.3. The highest BCUT2D eigenvalue weighted by Crippen LogP contribution is 2.31. The number of hydrogen-bond acceptors (Lipinski definition) is 4. The Bertz CT molecular complexity index is 995. The smallest absolute Gasteiger partial charge is 0.253 e. The number of carbonyl (C=O) groups excluding carboxylic acids is 1. The molecular formula is C18H17Cl2FN2O4S. The monoisotopic (exact) mass is 446 g/mol. The Balaban J connectivity index is 1.85. The number of nitrogens with zero attached hydrogens (tertiary/aromatic N) is 1. The second-order valence-corrected chi connectivity index (χ2v) is 8.81. The lowest BCUT2D eigenvalue weighted by molar-refractivity contribution is 0.0730. The molecule has 1 fully saturated rings. The number of amides is 1. The van der Waals surface area contributed by atoms with Gasteiger partial charge in [-0.25, -0.2) is 12.8 Å². The lowest BCUT2D eigenvalue weighted by Crippen LogP contribution is -2.40. The van der Waals surface area contributed by atoms with Gasteiger partial charge in [-0.2, -0.15) is 4.31 Å². The Kier molecular flexibility index (Phi) is 6.57. The minimum atomic E-state index is -3.91. The largest absolute Gasteiger partial charge is 0.379 e. The predicted molar refractivity (Wildman–Crippen MR) is 104 cm³/mol. The van der Waals surface area contributed by atoms with E-state index in [4.69, 9.17) is 27.9 Å². The van der Waals surface area contributed by atoms with Crippen molar-refractivity contribution in [3.05, 3.63) is 63.4 Å². The molecule has 1 aliphatic rings. The van der Waals surface area contributed by atoms with E-state index in [1.54, 1.807) is 6.07 Å². The molecule has 0 saturated carbocycles. The summed E-state index contributed by atoms with van der Waals surface area (Å²) in [6.07, 6.45) is 0. The van der Waals surface area contributed by atoms with E-state index in [2.05, 4.69) is 5.32 Å². The van der Waals surface area contributed by atoms with Gasteiger partial charge in [-0.3, -0.25) is 4.79 Å². The first kappa shape index (κ1) is 21.0. The van der Waals surface area contributed by atoms with Crippen LogP contribution in [0.4, 0.5) is 4.39 Å². The molecule has 1 heterocycles. The van der Waals surface area contributed by atoms with Crippen LogP contribution >= 0.6 is 23.2 Å². The predicted octanol–water partition coefficient (Wildman–Crippen LogP) is 3.08. The normalized spacial score (nSPS) is 15.4. The van der Waals surface area contributed by atoms with Gasteiger partial charge in [0, 0.05) is 19.6 Å². The molecule has 28 heavy (non-hydrogen) atoms. The average molecular weight is 447 g/mol. The van der Waals surface area contributed by atoms with Gasteiger partial charge in [0.25, 0.3) is 5.91 Å². The summed E-state index contributed by atoms with van der Waals surface area (Å²) in [4.78, 5) is 12.3. The van der Waals surface area contributed by atoms with Crippen molar-refractivity contribution in [2.24, 2.45) is 0 Å². The molecule has 2 aromatic rings. The summed E-state index contributed by atoms with van der Waals surface area (Å²) in [7, 11) is -3.91. The van der Waals surface area contributed by atoms with Crippen LogP contribution < -0.4 is 5.32 Å². The van der Waals surface area contributed by atoms with Crippen molar-refractivity contribution in [2.45, 2.75) is 11.4 Å². The summed E-state index contributed by atoms with van der Waals surface area (Å²) in [6, 6.07) is 8.16. The number of sulfonamides is 1. The van der Waals surface area contributed by atoms with Crippen molar-refractivity contribution in [3.8, 4) is 0 Å². The first-order valence-corrected chi connectivity index (χ1v) is 10.6. The standard InChI is InChI=1S/C18H17Cl2FN2O4S/c19-15-10-16(20)17(28(25,26)23-4-6-27-7-5-23)9-14(15)18(24)22-11-12-2-1-3-13(21)8-12/h1-3,8-10H,4-7,11H2,(H,22,24). The van der Waals surface area contributed by atoms with Gasteiger partial charge in [-0.1, -0.05) is 35.3 Å². The fourth-order valence-corrected chi connectivity index (χ4v) is 4.99. The van der Waals surface area contributed by atoms with Crippen LogP contribution in [-0.4, -0.2) is 44.9 Å². The molecule has 1 N–H and O–H groups in total. The van der Waals surface area contributed by atoms with Crippen molar-refractivity contribution < 1.29 is 22.3 Å². The van der Waals surface area contributed by atoms with E-state index in [9.17, 15) is 17.6 Å². The van der Waals surface area contributed by atoms with Gasteiger partial charge in [-0.05, 0) is 29.8 Å². The Morgan fingerprint density at radius 1 is 1.14 bits per heavy atom. The molecule has 150 valence electrons. The summed E-state index contributed by atoms with van der Waals surface area (Å²) in [5.74, 6) is -1.01. The molecular weight excluding hydrogens is 430 g/mol. The van der Waals surface area contributed by atoms with Crippen LogP contribution in [0.5, 0.6) is 0 Å². The Hall–Kier alpha value is -1.71. The van der Waals surface area contributed by atoms with Crippen molar-refractivity contribution in [1.82, 2.24) is 9.62 Å². The molecule has 0 aromatic heterocycles. The van der Waals surface area contributed by atoms with Gasteiger partial charge in [0.15, 0.2) is 0 Å². The van der Waals surface area contributed by atoms with E-state index in [0.717, 1.165) is 6.07 Å². The molecule has 2 aromatic carbocycles. The summed E-state index contributed by atoms with van der Waals surface area (Å²) in [5.41, 5.74) is 0.522. The molecule has 10 heteroatoms. The Labute approximate surface area is 172 Å². The van der Waals surface area contributed by atoms with Crippen molar-refractivity contribution >= 4 is 39.1 Å². The van der Waals surface area contributed by atoms with Crippen molar-refractivity contribution in [1.29, 1.82) is 0 Å². The van der Waals surface area contributed by atoms with E-state index >= 15 is 0 Å². The van der Waals surface area contributed by atoms with Crippen LogP contribution in [0.3, 0.4) is 0 Å². The summed E-state index contributed by atoms with van der Waals surface area (Å²) >= 11 is 12.2. The van der Waals surface area contributed by atoms with Crippen molar-refractivity contribution in [3.63, 3.8) is 0 Å². The third kappa shape index (κ3) is 4.64. The zero-order valence-corrected chi connectivity index (χ0v) is 17.0. The number of benzene rings is 2. The highest BCUT2D eigenvalue weighted by Gasteiger charge is 2.30. The second kappa shape index (κ2) is 8.75. The number of carbonyl (C=O) groups is 1. The maximum atomic E-state index is 13.3. The molecule has 0 spiro atoms. The fourth-order valence-electron chi connectivity index (χ4n) is 2.75. The number of hydrogen-bond donors (Lipinski definition) is 1. The fraction of sp³-hybridized carbons (Fsp3) is 0.278. The highest BCUT2D eigenvalue weighted by molar-refractivity contribution is 7.89. The van der Waals surface area contributed by atoms with Gasteiger partial charge in [0.2, 0.25) is 10.0 Å². The number of halogens is 3. The molecule has 1 aliphatic heterocycles. The van der Waals surface area contributed by atoms with E-state index in [1.165, 1.54) is 28.6 Å². The highest BCUT2D eigenvalue weighted by atomic mass is 35.5. The van der Waals surface area contributed by atoms with Crippen molar-refractivity contribution in [2.75, 3.05) is 26.3 Å². The van der Waals surface area contributed by atoms with Crippen LogP contribution in [0.2, 0.25) is 10.0 Å². The first-order chi connectivity index (χ1) is 13.3. The third-order valence-electron chi connectivity index (χ3n) is 4.20. The topological polar surface area (TPSA) is 75.7 Å².